The van der Waals surface area contributed by atoms with Gasteiger partial charge >= 0.3 is 8.56 Å². The highest BCUT2D eigenvalue weighted by Gasteiger charge is 2.45. The van der Waals surface area contributed by atoms with Gasteiger partial charge in [0, 0.05) is 0 Å². The SMILES string of the molecule is CC(C#C[Si](C)(C)C)O[Si](OC(C)C#C[Si](C)(C)C)(c1ccccc1)c1ccccc1. The number of rotatable bonds is 6. The molecule has 0 bridgehead atoms. The summed E-state index contributed by atoms with van der Waals surface area (Å²) in [5.41, 5.74) is 6.91. The zero-order chi connectivity index (χ0) is 23.1. The van der Waals surface area contributed by atoms with E-state index in [0.717, 1.165) is 10.4 Å². The summed E-state index contributed by atoms with van der Waals surface area (Å²) in [6.45, 7) is 17.5. The number of hydrogen-bond donors (Lipinski definition) is 0. The maximum Gasteiger partial charge on any atom is 0.409 e. The molecule has 164 valence electrons. The number of benzene rings is 2. The van der Waals surface area contributed by atoms with Crippen LogP contribution in [0.4, 0.5) is 0 Å². The van der Waals surface area contributed by atoms with Crippen LogP contribution in [0.25, 0.3) is 0 Å². The van der Waals surface area contributed by atoms with E-state index in [0.29, 0.717) is 0 Å². The third kappa shape index (κ3) is 8.29. The normalized spacial score (nSPS) is 13.9. The smallest absolute Gasteiger partial charge is 0.374 e. The third-order valence-corrected chi connectivity index (χ3v) is 9.64. The van der Waals surface area contributed by atoms with E-state index in [1.54, 1.807) is 0 Å². The summed E-state index contributed by atoms with van der Waals surface area (Å²) in [4.78, 5) is 0. The molecule has 2 aromatic rings. The first kappa shape index (κ1) is 25.4. The molecule has 0 fully saturated rings. The minimum atomic E-state index is -3.04. The molecule has 5 heteroatoms. The van der Waals surface area contributed by atoms with Crippen LogP contribution >= 0.6 is 0 Å². The highest BCUT2D eigenvalue weighted by atomic mass is 28.4. The molecule has 2 nitrogen and oxygen atoms in total. The Morgan fingerprint density at radius 3 is 1.19 bits per heavy atom. The molecule has 0 aliphatic rings. The average Bonchev–Trinajstić information content (AvgIpc) is 2.70. The van der Waals surface area contributed by atoms with E-state index in [1.807, 2.05) is 50.2 Å². The molecule has 2 atom stereocenters. The minimum Gasteiger partial charge on any atom is -0.374 e. The first-order chi connectivity index (χ1) is 14.4. The second-order valence-electron chi connectivity index (χ2n) is 9.91. The van der Waals surface area contributed by atoms with Crippen LogP contribution in [0.1, 0.15) is 13.8 Å². The van der Waals surface area contributed by atoms with Crippen molar-refractivity contribution in [2.45, 2.75) is 65.3 Å². The molecule has 0 saturated carbocycles. The van der Waals surface area contributed by atoms with Gasteiger partial charge in [0.25, 0.3) is 0 Å². The van der Waals surface area contributed by atoms with Gasteiger partial charge in [0.1, 0.15) is 28.4 Å². The summed E-state index contributed by atoms with van der Waals surface area (Å²) >= 11 is 0. The van der Waals surface area contributed by atoms with E-state index in [9.17, 15) is 0 Å². The van der Waals surface area contributed by atoms with Crippen molar-refractivity contribution in [3.05, 3.63) is 60.7 Å². The van der Waals surface area contributed by atoms with Gasteiger partial charge in [-0.3, -0.25) is 0 Å². The molecule has 0 saturated heterocycles. The second kappa shape index (κ2) is 10.6. The lowest BCUT2D eigenvalue weighted by atomic mass is 10.4. The fourth-order valence-corrected chi connectivity index (χ4v) is 7.56. The van der Waals surface area contributed by atoms with Crippen molar-refractivity contribution in [3.63, 3.8) is 0 Å². The Morgan fingerprint density at radius 2 is 0.903 bits per heavy atom. The molecule has 0 spiro atoms. The number of hydrogen-bond acceptors (Lipinski definition) is 2. The largest absolute Gasteiger partial charge is 0.409 e. The summed E-state index contributed by atoms with van der Waals surface area (Å²) in [5.74, 6) is 6.72. The Balaban J connectivity index is 2.58. The van der Waals surface area contributed by atoms with Crippen molar-refractivity contribution in [1.29, 1.82) is 0 Å². The van der Waals surface area contributed by atoms with E-state index in [4.69, 9.17) is 8.85 Å². The van der Waals surface area contributed by atoms with Crippen LogP contribution in [-0.4, -0.2) is 36.9 Å². The first-order valence-corrected chi connectivity index (χ1v) is 19.7. The van der Waals surface area contributed by atoms with E-state index < -0.39 is 24.7 Å². The van der Waals surface area contributed by atoms with E-state index >= 15 is 0 Å². The summed E-state index contributed by atoms with van der Waals surface area (Å²) in [5, 5.41) is 2.15. The third-order valence-electron chi connectivity index (χ3n) is 4.29. The molecule has 0 aliphatic heterocycles. The Kier molecular flexibility index (Phi) is 8.71. The summed E-state index contributed by atoms with van der Waals surface area (Å²) < 4.78 is 13.6. The minimum absolute atomic E-state index is 0.240. The van der Waals surface area contributed by atoms with Crippen molar-refractivity contribution < 1.29 is 8.85 Å². The zero-order valence-electron chi connectivity index (χ0n) is 20.2. The lowest BCUT2D eigenvalue weighted by Crippen LogP contribution is -2.65. The summed E-state index contributed by atoms with van der Waals surface area (Å²) in [7, 11) is -6.05. The van der Waals surface area contributed by atoms with Crippen LogP contribution in [-0.2, 0) is 8.85 Å². The summed E-state index contributed by atoms with van der Waals surface area (Å²) in [6.07, 6.45) is -0.480. The van der Waals surface area contributed by atoms with Gasteiger partial charge < -0.3 is 8.85 Å². The maximum absolute atomic E-state index is 6.82. The maximum atomic E-state index is 6.82. The molecule has 0 aromatic heterocycles. The lowest BCUT2D eigenvalue weighted by Gasteiger charge is -2.34. The lowest BCUT2D eigenvalue weighted by molar-refractivity contribution is 0.155. The van der Waals surface area contributed by atoms with Crippen molar-refractivity contribution >= 4 is 35.1 Å². The second-order valence-corrected chi connectivity index (χ2v) is 22.3. The predicted molar refractivity (Wildman–Crippen MR) is 141 cm³/mol. The standard InChI is InChI=1S/C26H36O2Si3/c1-23(19-21-29(3,4)5)27-31(25-15-11-9-12-16-25,26-17-13-10-14-18-26)28-24(2)20-22-30(6,7)8/h9-18,23-24H,1-8H3. The average molecular weight is 465 g/mol. The molecular formula is C26H36O2Si3. The molecule has 0 aliphatic carbocycles. The van der Waals surface area contributed by atoms with Crippen molar-refractivity contribution in [3.8, 4) is 22.9 Å². The fourth-order valence-electron chi connectivity index (χ4n) is 2.97. The van der Waals surface area contributed by atoms with Crippen molar-refractivity contribution in [2.24, 2.45) is 0 Å². The summed E-state index contributed by atoms with van der Waals surface area (Å²) in [6, 6.07) is 20.7. The van der Waals surface area contributed by atoms with Gasteiger partial charge in [0.2, 0.25) is 0 Å². The van der Waals surface area contributed by atoms with Gasteiger partial charge in [-0.2, -0.15) is 0 Å². The molecule has 2 aromatic carbocycles. The highest BCUT2D eigenvalue weighted by Crippen LogP contribution is 2.16. The van der Waals surface area contributed by atoms with Gasteiger partial charge in [-0.05, 0) is 24.2 Å². The molecule has 2 unspecified atom stereocenters. The zero-order valence-corrected chi connectivity index (χ0v) is 23.2. The van der Waals surface area contributed by atoms with Crippen LogP contribution in [0, 0.1) is 22.9 Å². The van der Waals surface area contributed by atoms with Crippen LogP contribution in [0.5, 0.6) is 0 Å². The van der Waals surface area contributed by atoms with E-state index in [1.165, 1.54) is 0 Å². The van der Waals surface area contributed by atoms with Crippen molar-refractivity contribution in [1.82, 2.24) is 0 Å². The van der Waals surface area contributed by atoms with Crippen LogP contribution in [0.15, 0.2) is 60.7 Å². The van der Waals surface area contributed by atoms with Gasteiger partial charge in [0.05, 0.1) is 0 Å². The Morgan fingerprint density at radius 1 is 0.581 bits per heavy atom. The van der Waals surface area contributed by atoms with Gasteiger partial charge in [0.15, 0.2) is 0 Å². The Labute approximate surface area is 192 Å². The quantitative estimate of drug-likeness (QED) is 0.451. The van der Waals surface area contributed by atoms with Crippen LogP contribution in [0.2, 0.25) is 39.3 Å². The molecule has 0 amide bonds. The Bertz CT molecular complexity index is 871. The topological polar surface area (TPSA) is 18.5 Å². The van der Waals surface area contributed by atoms with Crippen molar-refractivity contribution in [2.75, 3.05) is 0 Å². The monoisotopic (exact) mass is 464 g/mol. The van der Waals surface area contributed by atoms with Crippen LogP contribution < -0.4 is 10.4 Å². The van der Waals surface area contributed by atoms with Crippen LogP contribution in [0.3, 0.4) is 0 Å². The van der Waals surface area contributed by atoms with Gasteiger partial charge in [-0.25, -0.2) is 0 Å². The predicted octanol–water partition coefficient (Wildman–Crippen LogP) is 4.81. The fraction of sp³-hybridized carbons (Fsp3) is 0.385. The van der Waals surface area contributed by atoms with Gasteiger partial charge in [-0.15, -0.1) is 11.1 Å². The van der Waals surface area contributed by atoms with Gasteiger partial charge in [-0.1, -0.05) is 112 Å². The molecule has 31 heavy (non-hydrogen) atoms. The highest BCUT2D eigenvalue weighted by molar-refractivity contribution is 6.92. The molecule has 0 radical (unpaired) electrons. The van der Waals surface area contributed by atoms with E-state index in [-0.39, 0.29) is 12.2 Å². The molecule has 0 heterocycles. The molecule has 2 rings (SSSR count). The molecule has 0 N–H and O–H groups in total. The first-order valence-electron chi connectivity index (χ1n) is 10.9. The molecular weight excluding hydrogens is 429 g/mol. The van der Waals surface area contributed by atoms with E-state index in [2.05, 4.69) is 86.5 Å². The Hall–Kier alpha value is -1.87.